The summed E-state index contributed by atoms with van der Waals surface area (Å²) >= 11 is 0. The van der Waals surface area contributed by atoms with Gasteiger partial charge in [0.15, 0.2) is 0 Å². The van der Waals surface area contributed by atoms with Crippen LogP contribution in [-0.4, -0.2) is 33.9 Å². The standard InChI is InChI=1S/C18H21FN4O/c1-13-6-8-23(9-7-13)17(24)15-11-21-18(22-12-15)20-10-14-4-2-3-5-16(14)19/h2-5,11-13H,6-10H2,1H3,(H,20,21,22). The highest BCUT2D eigenvalue weighted by atomic mass is 19.1. The minimum absolute atomic E-state index is 0.0254. The molecule has 1 saturated heterocycles. The van der Waals surface area contributed by atoms with Crippen LogP contribution in [0, 0.1) is 11.7 Å². The van der Waals surface area contributed by atoms with Gasteiger partial charge in [0.25, 0.3) is 5.91 Å². The van der Waals surface area contributed by atoms with E-state index in [0.717, 1.165) is 25.9 Å². The highest BCUT2D eigenvalue weighted by Crippen LogP contribution is 2.18. The molecule has 126 valence electrons. The Labute approximate surface area is 140 Å². The number of carbonyl (C=O) groups excluding carboxylic acids is 1. The van der Waals surface area contributed by atoms with Crippen molar-refractivity contribution in [2.24, 2.45) is 5.92 Å². The van der Waals surface area contributed by atoms with Crippen LogP contribution in [-0.2, 0) is 6.54 Å². The van der Waals surface area contributed by atoms with Crippen molar-refractivity contribution in [2.45, 2.75) is 26.3 Å². The highest BCUT2D eigenvalue weighted by molar-refractivity contribution is 5.93. The summed E-state index contributed by atoms with van der Waals surface area (Å²) in [5, 5.41) is 2.97. The average molecular weight is 328 g/mol. The van der Waals surface area contributed by atoms with Gasteiger partial charge in [-0.3, -0.25) is 4.79 Å². The maximum absolute atomic E-state index is 13.6. The molecule has 3 rings (SSSR count). The van der Waals surface area contributed by atoms with E-state index in [1.54, 1.807) is 18.2 Å². The van der Waals surface area contributed by atoms with Gasteiger partial charge >= 0.3 is 0 Å². The summed E-state index contributed by atoms with van der Waals surface area (Å²) in [6.45, 7) is 4.07. The lowest BCUT2D eigenvalue weighted by Crippen LogP contribution is -2.38. The summed E-state index contributed by atoms with van der Waals surface area (Å²) in [5.74, 6) is 0.760. The molecule has 0 bridgehead atoms. The van der Waals surface area contributed by atoms with Crippen molar-refractivity contribution in [1.29, 1.82) is 0 Å². The largest absolute Gasteiger partial charge is 0.350 e. The highest BCUT2D eigenvalue weighted by Gasteiger charge is 2.21. The molecule has 0 radical (unpaired) electrons. The number of nitrogens with zero attached hydrogens (tertiary/aromatic N) is 3. The molecule has 1 aromatic heterocycles. The normalized spacial score (nSPS) is 15.3. The van der Waals surface area contributed by atoms with Gasteiger partial charge in [-0.15, -0.1) is 0 Å². The van der Waals surface area contributed by atoms with Crippen LogP contribution in [0.4, 0.5) is 10.3 Å². The number of halogens is 1. The summed E-state index contributed by atoms with van der Waals surface area (Å²) in [5.41, 5.74) is 1.03. The molecule has 2 heterocycles. The Hall–Kier alpha value is -2.50. The zero-order valence-electron chi connectivity index (χ0n) is 13.7. The van der Waals surface area contributed by atoms with Gasteiger partial charge in [-0.1, -0.05) is 25.1 Å². The second-order valence-corrected chi connectivity index (χ2v) is 6.22. The first-order valence-electron chi connectivity index (χ1n) is 8.22. The van der Waals surface area contributed by atoms with E-state index in [1.165, 1.54) is 18.5 Å². The topological polar surface area (TPSA) is 58.1 Å². The Bertz CT molecular complexity index is 696. The molecule has 0 aliphatic carbocycles. The van der Waals surface area contributed by atoms with Crippen molar-refractivity contribution in [3.05, 3.63) is 53.6 Å². The van der Waals surface area contributed by atoms with Gasteiger partial charge in [-0.2, -0.15) is 0 Å². The van der Waals surface area contributed by atoms with Crippen LogP contribution in [0.3, 0.4) is 0 Å². The number of rotatable bonds is 4. The second kappa shape index (κ2) is 7.38. The number of hydrogen-bond donors (Lipinski definition) is 1. The lowest BCUT2D eigenvalue weighted by molar-refractivity contribution is 0.0696. The lowest BCUT2D eigenvalue weighted by atomic mass is 9.99. The number of anilines is 1. The first-order chi connectivity index (χ1) is 11.6. The van der Waals surface area contributed by atoms with Gasteiger partial charge in [0, 0.05) is 37.6 Å². The van der Waals surface area contributed by atoms with Gasteiger partial charge < -0.3 is 10.2 Å². The Morgan fingerprint density at radius 3 is 2.58 bits per heavy atom. The predicted octanol–water partition coefficient (Wildman–Crippen LogP) is 3.10. The third-order valence-electron chi connectivity index (χ3n) is 4.36. The molecule has 1 N–H and O–H groups in total. The quantitative estimate of drug-likeness (QED) is 0.937. The monoisotopic (exact) mass is 328 g/mol. The predicted molar refractivity (Wildman–Crippen MR) is 90.1 cm³/mol. The fourth-order valence-corrected chi connectivity index (χ4v) is 2.74. The zero-order valence-corrected chi connectivity index (χ0v) is 13.7. The van der Waals surface area contributed by atoms with E-state index in [2.05, 4.69) is 22.2 Å². The van der Waals surface area contributed by atoms with Crippen molar-refractivity contribution in [3.63, 3.8) is 0 Å². The minimum Gasteiger partial charge on any atom is -0.350 e. The van der Waals surface area contributed by atoms with E-state index in [4.69, 9.17) is 0 Å². The van der Waals surface area contributed by atoms with Crippen LogP contribution in [0.2, 0.25) is 0 Å². The number of nitrogens with one attached hydrogen (secondary N) is 1. The molecule has 24 heavy (non-hydrogen) atoms. The van der Waals surface area contributed by atoms with E-state index in [1.807, 2.05) is 4.90 Å². The molecule has 0 atom stereocenters. The van der Waals surface area contributed by atoms with E-state index in [-0.39, 0.29) is 11.7 Å². The number of amides is 1. The lowest BCUT2D eigenvalue weighted by Gasteiger charge is -2.30. The van der Waals surface area contributed by atoms with E-state index < -0.39 is 0 Å². The Kier molecular flexibility index (Phi) is 5.03. The van der Waals surface area contributed by atoms with E-state index in [0.29, 0.717) is 29.5 Å². The maximum atomic E-state index is 13.6. The number of hydrogen-bond acceptors (Lipinski definition) is 4. The summed E-state index contributed by atoms with van der Waals surface area (Å²) in [4.78, 5) is 22.6. The summed E-state index contributed by atoms with van der Waals surface area (Å²) in [7, 11) is 0. The van der Waals surface area contributed by atoms with Crippen LogP contribution >= 0.6 is 0 Å². The Morgan fingerprint density at radius 2 is 1.92 bits per heavy atom. The van der Waals surface area contributed by atoms with E-state index in [9.17, 15) is 9.18 Å². The summed E-state index contributed by atoms with van der Waals surface area (Å²) in [6.07, 6.45) is 5.12. The van der Waals surface area contributed by atoms with Crippen molar-refractivity contribution in [1.82, 2.24) is 14.9 Å². The first kappa shape index (κ1) is 16.4. The average Bonchev–Trinajstić information content (AvgIpc) is 2.62. The van der Waals surface area contributed by atoms with Crippen LogP contribution < -0.4 is 5.32 Å². The third-order valence-corrected chi connectivity index (χ3v) is 4.36. The number of piperidine rings is 1. The zero-order chi connectivity index (χ0) is 16.9. The molecule has 2 aromatic rings. The van der Waals surface area contributed by atoms with Gasteiger partial charge in [-0.05, 0) is 24.8 Å². The maximum Gasteiger partial charge on any atom is 0.256 e. The van der Waals surface area contributed by atoms with Gasteiger partial charge in [0.05, 0.1) is 5.56 Å². The SMILES string of the molecule is CC1CCN(C(=O)c2cnc(NCc3ccccc3F)nc2)CC1. The van der Waals surface area contributed by atoms with Crippen molar-refractivity contribution in [2.75, 3.05) is 18.4 Å². The molecule has 0 unspecified atom stereocenters. The van der Waals surface area contributed by atoms with Crippen LogP contribution in [0.1, 0.15) is 35.7 Å². The van der Waals surface area contributed by atoms with Crippen molar-refractivity contribution < 1.29 is 9.18 Å². The fraction of sp³-hybridized carbons (Fsp3) is 0.389. The molecule has 6 heteroatoms. The van der Waals surface area contributed by atoms with Crippen molar-refractivity contribution in [3.8, 4) is 0 Å². The van der Waals surface area contributed by atoms with Crippen LogP contribution in [0.25, 0.3) is 0 Å². The Balaban J connectivity index is 1.59. The molecule has 1 aromatic carbocycles. The second-order valence-electron chi connectivity index (χ2n) is 6.22. The fourth-order valence-electron chi connectivity index (χ4n) is 2.74. The molecular formula is C18H21FN4O. The Morgan fingerprint density at radius 1 is 1.25 bits per heavy atom. The molecule has 0 saturated carbocycles. The molecule has 1 amide bonds. The number of likely N-dealkylation sites (tertiary alicyclic amines) is 1. The number of aromatic nitrogens is 2. The van der Waals surface area contributed by atoms with Crippen LogP contribution in [0.5, 0.6) is 0 Å². The molecular weight excluding hydrogens is 307 g/mol. The van der Waals surface area contributed by atoms with Crippen molar-refractivity contribution >= 4 is 11.9 Å². The molecule has 0 spiro atoms. The number of carbonyl (C=O) groups is 1. The van der Waals surface area contributed by atoms with Gasteiger partial charge in [-0.25, -0.2) is 14.4 Å². The number of benzene rings is 1. The minimum atomic E-state index is -0.267. The summed E-state index contributed by atoms with van der Waals surface area (Å²) in [6, 6.07) is 6.55. The molecule has 1 aliphatic heterocycles. The third kappa shape index (κ3) is 3.88. The molecule has 5 nitrogen and oxygen atoms in total. The van der Waals surface area contributed by atoms with E-state index >= 15 is 0 Å². The summed E-state index contributed by atoms with van der Waals surface area (Å²) < 4.78 is 13.6. The van der Waals surface area contributed by atoms with Crippen LogP contribution in [0.15, 0.2) is 36.7 Å². The molecule has 1 aliphatic rings. The van der Waals surface area contributed by atoms with Gasteiger partial charge in [0.1, 0.15) is 5.82 Å². The molecule has 1 fully saturated rings. The first-order valence-corrected chi connectivity index (χ1v) is 8.22. The smallest absolute Gasteiger partial charge is 0.256 e. The van der Waals surface area contributed by atoms with Gasteiger partial charge in [0.2, 0.25) is 5.95 Å².